The van der Waals surface area contributed by atoms with Gasteiger partial charge in [-0.2, -0.15) is 0 Å². The van der Waals surface area contributed by atoms with Gasteiger partial charge in [0.05, 0.1) is 10.2 Å². The average Bonchev–Trinajstić information content (AvgIpc) is 3.09. The van der Waals surface area contributed by atoms with Crippen LogP contribution in [-0.2, 0) is 11.3 Å². The maximum atomic E-state index is 11.9. The number of nitrogens with one attached hydrogen (secondary N) is 2. The van der Waals surface area contributed by atoms with E-state index >= 15 is 0 Å². The zero-order chi connectivity index (χ0) is 16.2. The molecule has 0 aliphatic carbocycles. The fourth-order valence-electron chi connectivity index (χ4n) is 2.11. The number of hydrogen-bond acceptors (Lipinski definition) is 6. The summed E-state index contributed by atoms with van der Waals surface area (Å²) >= 11 is 2.69. The molecule has 2 N–H and O–H groups in total. The van der Waals surface area contributed by atoms with E-state index in [9.17, 15) is 9.59 Å². The lowest BCUT2D eigenvalue weighted by Gasteiger charge is -2.07. The fraction of sp³-hybridized carbons (Fsp3) is 0.267. The number of benzene rings is 1. The van der Waals surface area contributed by atoms with Crippen LogP contribution in [0.1, 0.15) is 5.69 Å². The van der Waals surface area contributed by atoms with Crippen LogP contribution in [0.15, 0.2) is 34.4 Å². The van der Waals surface area contributed by atoms with Crippen molar-refractivity contribution in [2.24, 2.45) is 0 Å². The van der Waals surface area contributed by atoms with Gasteiger partial charge in [0.2, 0.25) is 5.91 Å². The number of amides is 1. The minimum Gasteiger partial charge on any atom is -0.360 e. The molecular formula is C15H16N4O2S2. The number of rotatable bonds is 6. The molecule has 6 nitrogen and oxygen atoms in total. The summed E-state index contributed by atoms with van der Waals surface area (Å²) < 4.78 is 2.60. The molecular weight excluding hydrogens is 332 g/mol. The van der Waals surface area contributed by atoms with Gasteiger partial charge in [0, 0.05) is 24.2 Å². The summed E-state index contributed by atoms with van der Waals surface area (Å²) in [4.78, 5) is 27.8. The first-order valence-corrected chi connectivity index (χ1v) is 8.84. The molecule has 2 heterocycles. The molecule has 0 atom stereocenters. The van der Waals surface area contributed by atoms with E-state index < -0.39 is 0 Å². The Morgan fingerprint density at radius 1 is 1.30 bits per heavy atom. The van der Waals surface area contributed by atoms with Crippen molar-refractivity contribution >= 4 is 43.9 Å². The number of anilines is 1. The first-order valence-electron chi connectivity index (χ1n) is 7.14. The van der Waals surface area contributed by atoms with Crippen molar-refractivity contribution in [3.8, 4) is 0 Å². The maximum absolute atomic E-state index is 11.9. The minimum absolute atomic E-state index is 0.0648. The van der Waals surface area contributed by atoms with Gasteiger partial charge in [-0.3, -0.25) is 14.2 Å². The van der Waals surface area contributed by atoms with E-state index in [4.69, 9.17) is 0 Å². The lowest BCUT2D eigenvalue weighted by Crippen LogP contribution is -2.34. The molecule has 8 heteroatoms. The van der Waals surface area contributed by atoms with E-state index in [0.29, 0.717) is 13.1 Å². The van der Waals surface area contributed by atoms with Crippen molar-refractivity contribution in [3.05, 3.63) is 45.0 Å². The number of carbonyl (C=O) groups excluding carboxylic acids is 1. The number of aryl methyl sites for hydroxylation is 1. The van der Waals surface area contributed by atoms with Crippen LogP contribution in [0, 0.1) is 6.92 Å². The maximum Gasteiger partial charge on any atom is 0.307 e. The Morgan fingerprint density at radius 2 is 2.13 bits per heavy atom. The smallest absolute Gasteiger partial charge is 0.307 e. The van der Waals surface area contributed by atoms with Crippen LogP contribution in [0.5, 0.6) is 0 Å². The first-order chi connectivity index (χ1) is 11.1. The predicted molar refractivity (Wildman–Crippen MR) is 94.4 cm³/mol. The van der Waals surface area contributed by atoms with E-state index in [1.807, 2.05) is 31.2 Å². The molecule has 2 aromatic heterocycles. The van der Waals surface area contributed by atoms with Gasteiger partial charge in [-0.15, -0.1) is 0 Å². The highest BCUT2D eigenvalue weighted by atomic mass is 32.1. The van der Waals surface area contributed by atoms with Crippen LogP contribution >= 0.6 is 22.7 Å². The molecule has 3 aromatic rings. The van der Waals surface area contributed by atoms with Crippen LogP contribution in [0.2, 0.25) is 0 Å². The van der Waals surface area contributed by atoms with E-state index in [1.165, 1.54) is 4.57 Å². The molecule has 0 saturated heterocycles. The zero-order valence-corrected chi connectivity index (χ0v) is 14.2. The molecule has 0 aliphatic rings. The van der Waals surface area contributed by atoms with Gasteiger partial charge in [0.1, 0.15) is 6.54 Å². The topological polar surface area (TPSA) is 76.0 Å². The Bertz CT molecular complexity index is 848. The Morgan fingerprint density at radius 3 is 2.87 bits per heavy atom. The molecule has 0 saturated carbocycles. The molecule has 0 fully saturated rings. The molecule has 1 aromatic carbocycles. The number of carbonyl (C=O) groups is 1. The zero-order valence-electron chi connectivity index (χ0n) is 12.5. The van der Waals surface area contributed by atoms with E-state index in [1.54, 1.807) is 16.7 Å². The summed E-state index contributed by atoms with van der Waals surface area (Å²) in [5.74, 6) is -0.167. The molecule has 120 valence electrons. The quantitative estimate of drug-likeness (QED) is 0.669. The molecule has 0 aliphatic heterocycles. The summed E-state index contributed by atoms with van der Waals surface area (Å²) in [6.45, 7) is 2.95. The number of fused-ring (bicyclic) bond motifs is 1. The molecule has 0 radical (unpaired) electrons. The third-order valence-electron chi connectivity index (χ3n) is 3.30. The second-order valence-corrected chi connectivity index (χ2v) is 6.84. The van der Waals surface area contributed by atoms with Crippen LogP contribution in [0.4, 0.5) is 5.13 Å². The SMILES string of the molecule is Cc1csc(=O)n1CC(=O)NCCNc1nc2ccccc2s1. The number of para-hydroxylation sites is 1. The van der Waals surface area contributed by atoms with Crippen molar-refractivity contribution in [2.75, 3.05) is 18.4 Å². The van der Waals surface area contributed by atoms with Crippen molar-refractivity contribution in [1.82, 2.24) is 14.9 Å². The van der Waals surface area contributed by atoms with Gasteiger partial charge in [-0.1, -0.05) is 34.8 Å². The number of hydrogen-bond donors (Lipinski definition) is 2. The molecule has 0 spiro atoms. The Balaban J connectivity index is 1.46. The van der Waals surface area contributed by atoms with Crippen LogP contribution in [0.25, 0.3) is 10.2 Å². The van der Waals surface area contributed by atoms with Crippen LogP contribution < -0.4 is 15.5 Å². The summed E-state index contributed by atoms with van der Waals surface area (Å²) in [6, 6.07) is 7.94. The highest BCUT2D eigenvalue weighted by molar-refractivity contribution is 7.22. The van der Waals surface area contributed by atoms with Crippen molar-refractivity contribution in [1.29, 1.82) is 0 Å². The summed E-state index contributed by atoms with van der Waals surface area (Å²) in [7, 11) is 0. The van der Waals surface area contributed by atoms with Crippen LogP contribution in [0.3, 0.4) is 0 Å². The number of nitrogens with zero attached hydrogens (tertiary/aromatic N) is 2. The summed E-state index contributed by atoms with van der Waals surface area (Å²) in [5.41, 5.74) is 1.78. The van der Waals surface area contributed by atoms with Gasteiger partial charge in [-0.25, -0.2) is 4.98 Å². The summed E-state index contributed by atoms with van der Waals surface area (Å²) in [5, 5.41) is 8.59. The number of aromatic nitrogens is 2. The van der Waals surface area contributed by atoms with Gasteiger partial charge < -0.3 is 10.6 Å². The molecule has 0 unspecified atom stereocenters. The van der Waals surface area contributed by atoms with Crippen molar-refractivity contribution in [3.63, 3.8) is 0 Å². The largest absolute Gasteiger partial charge is 0.360 e. The third kappa shape index (κ3) is 3.77. The second kappa shape index (κ2) is 6.93. The average molecular weight is 348 g/mol. The molecule has 23 heavy (non-hydrogen) atoms. The molecule has 3 rings (SSSR count). The van der Waals surface area contributed by atoms with Gasteiger partial charge in [-0.05, 0) is 19.1 Å². The Kier molecular flexibility index (Phi) is 4.73. The van der Waals surface area contributed by atoms with E-state index in [-0.39, 0.29) is 17.3 Å². The van der Waals surface area contributed by atoms with Gasteiger partial charge in [0.15, 0.2) is 5.13 Å². The highest BCUT2D eigenvalue weighted by Gasteiger charge is 2.08. The minimum atomic E-state index is -0.167. The molecule has 1 amide bonds. The third-order valence-corrected chi connectivity index (χ3v) is 5.17. The lowest BCUT2D eigenvalue weighted by atomic mass is 10.3. The van der Waals surface area contributed by atoms with Crippen LogP contribution in [-0.4, -0.2) is 28.5 Å². The van der Waals surface area contributed by atoms with Gasteiger partial charge >= 0.3 is 4.87 Å². The molecule has 0 bridgehead atoms. The highest BCUT2D eigenvalue weighted by Crippen LogP contribution is 2.24. The second-order valence-electron chi connectivity index (χ2n) is 4.99. The Labute approximate surface area is 140 Å². The van der Waals surface area contributed by atoms with Crippen molar-refractivity contribution < 1.29 is 4.79 Å². The predicted octanol–water partition coefficient (Wildman–Crippen LogP) is 2.06. The standard InChI is InChI=1S/C15H16N4O2S2/c1-10-9-22-15(21)19(10)8-13(20)16-6-7-17-14-18-11-4-2-3-5-12(11)23-14/h2-5,9H,6-8H2,1H3,(H,16,20)(H,17,18). The van der Waals surface area contributed by atoms with Crippen molar-refractivity contribution in [2.45, 2.75) is 13.5 Å². The number of thiazole rings is 2. The first kappa shape index (κ1) is 15.7. The van der Waals surface area contributed by atoms with Gasteiger partial charge in [0.25, 0.3) is 0 Å². The fourth-order valence-corrected chi connectivity index (χ4v) is 3.74. The van der Waals surface area contributed by atoms with E-state index in [2.05, 4.69) is 15.6 Å². The summed E-state index contributed by atoms with van der Waals surface area (Å²) in [6.07, 6.45) is 0. The monoisotopic (exact) mass is 348 g/mol. The Hall–Kier alpha value is -2.19. The lowest BCUT2D eigenvalue weighted by molar-refractivity contribution is -0.121. The van der Waals surface area contributed by atoms with E-state index in [0.717, 1.165) is 32.4 Å². The normalized spacial score (nSPS) is 10.8.